The van der Waals surface area contributed by atoms with Crippen LogP contribution in [0.1, 0.15) is 38.8 Å². The van der Waals surface area contributed by atoms with Gasteiger partial charge in [-0.15, -0.1) is 0 Å². The summed E-state index contributed by atoms with van der Waals surface area (Å²) in [5, 5.41) is 1.40. The maximum Gasteiger partial charge on any atom is 0.124 e. The van der Waals surface area contributed by atoms with E-state index in [9.17, 15) is 0 Å². The predicted molar refractivity (Wildman–Crippen MR) is 143 cm³/mol. The minimum atomic E-state index is -1.68. The van der Waals surface area contributed by atoms with E-state index in [4.69, 9.17) is 4.74 Å². The quantitative estimate of drug-likeness (QED) is 0.315. The van der Waals surface area contributed by atoms with Crippen molar-refractivity contribution < 1.29 is 4.74 Å². The number of benzene rings is 2. The van der Waals surface area contributed by atoms with Gasteiger partial charge >= 0.3 is 0 Å². The highest BCUT2D eigenvalue weighted by molar-refractivity contribution is 6.89. The van der Waals surface area contributed by atoms with E-state index in [0.29, 0.717) is 0 Å². The molecular formula is C29H39NOSi. The molecule has 170 valence electrons. The fourth-order valence-corrected chi connectivity index (χ4v) is 5.00. The summed E-state index contributed by atoms with van der Waals surface area (Å²) in [5.41, 5.74) is 2.47. The lowest BCUT2D eigenvalue weighted by molar-refractivity contribution is 0.310. The van der Waals surface area contributed by atoms with Crippen molar-refractivity contribution in [3.8, 4) is 17.6 Å². The van der Waals surface area contributed by atoms with Gasteiger partial charge in [0.15, 0.2) is 0 Å². The summed E-state index contributed by atoms with van der Waals surface area (Å²) in [4.78, 5) is 2.40. The SMILES string of the molecule is C=Cc1ccc([Si](C)(C)COc2cccc(CN(CC)C/C=C/C#CC(C)(C)C)c2)cc1. The third-order valence-electron chi connectivity index (χ3n) is 5.29. The Kier molecular flexibility index (Phi) is 9.56. The maximum atomic E-state index is 6.27. The third kappa shape index (κ3) is 8.90. The van der Waals surface area contributed by atoms with Gasteiger partial charge in [0.2, 0.25) is 0 Å². The van der Waals surface area contributed by atoms with E-state index < -0.39 is 8.07 Å². The second-order valence-electron chi connectivity index (χ2n) is 9.90. The molecule has 0 amide bonds. The summed E-state index contributed by atoms with van der Waals surface area (Å²) in [5.74, 6) is 7.34. The summed E-state index contributed by atoms with van der Waals surface area (Å²) in [7, 11) is -1.68. The highest BCUT2D eigenvalue weighted by Gasteiger charge is 2.24. The number of ether oxygens (including phenoxy) is 1. The molecule has 32 heavy (non-hydrogen) atoms. The van der Waals surface area contributed by atoms with Gasteiger partial charge < -0.3 is 4.74 Å². The maximum absolute atomic E-state index is 6.27. The second kappa shape index (κ2) is 11.9. The molecule has 0 aliphatic carbocycles. The molecule has 3 heteroatoms. The molecule has 0 saturated heterocycles. The highest BCUT2D eigenvalue weighted by atomic mass is 28.3. The lowest BCUT2D eigenvalue weighted by Gasteiger charge is -2.24. The van der Waals surface area contributed by atoms with Crippen LogP contribution in [0.2, 0.25) is 13.1 Å². The van der Waals surface area contributed by atoms with Gasteiger partial charge in [-0.1, -0.05) is 92.2 Å². The molecule has 0 saturated carbocycles. The van der Waals surface area contributed by atoms with Gasteiger partial charge in [-0.25, -0.2) is 0 Å². The Labute approximate surface area is 197 Å². The summed E-state index contributed by atoms with van der Waals surface area (Å²) >= 11 is 0. The molecule has 0 radical (unpaired) electrons. The molecule has 0 aliphatic heterocycles. The molecule has 0 unspecified atom stereocenters. The Hall–Kier alpha value is -2.54. The first-order chi connectivity index (χ1) is 15.1. The Balaban J connectivity index is 1.95. The van der Waals surface area contributed by atoms with E-state index in [-0.39, 0.29) is 5.41 Å². The van der Waals surface area contributed by atoms with Crippen molar-refractivity contribution in [1.29, 1.82) is 0 Å². The summed E-state index contributed by atoms with van der Waals surface area (Å²) in [6, 6.07) is 17.2. The average Bonchev–Trinajstić information content (AvgIpc) is 2.76. The lowest BCUT2D eigenvalue weighted by Crippen LogP contribution is -2.47. The molecule has 0 spiro atoms. The third-order valence-corrected chi connectivity index (χ3v) is 8.05. The van der Waals surface area contributed by atoms with E-state index >= 15 is 0 Å². The van der Waals surface area contributed by atoms with Crippen molar-refractivity contribution in [3.63, 3.8) is 0 Å². The van der Waals surface area contributed by atoms with Crippen LogP contribution in [-0.4, -0.2) is 32.3 Å². The summed E-state index contributed by atoms with van der Waals surface area (Å²) in [6.45, 7) is 19.9. The van der Waals surface area contributed by atoms with Gasteiger partial charge in [-0.05, 0) is 56.7 Å². The predicted octanol–water partition coefficient (Wildman–Crippen LogP) is 6.29. The summed E-state index contributed by atoms with van der Waals surface area (Å²) < 4.78 is 6.27. The van der Waals surface area contributed by atoms with Crippen LogP contribution in [0.5, 0.6) is 5.75 Å². The molecule has 0 bridgehead atoms. The normalized spacial score (nSPS) is 12.0. The standard InChI is InChI=1S/C29H39NOSi/c1-8-25-16-18-28(19-17-25)32(6,7)24-31-27-15-13-14-26(22-27)23-30(9-2)21-12-10-11-20-29(3,4)5/h8,10,12-19,22H,1,9,21,23-24H2,2-7H3/b12-10+. The summed E-state index contributed by atoms with van der Waals surface area (Å²) in [6.07, 6.45) is 6.77. The molecule has 0 fully saturated rings. The highest BCUT2D eigenvalue weighted by Crippen LogP contribution is 2.17. The molecule has 0 atom stereocenters. The van der Waals surface area contributed by atoms with E-state index in [1.165, 1.54) is 10.8 Å². The number of likely N-dealkylation sites (N-methyl/N-ethyl adjacent to an activating group) is 1. The first-order valence-corrected chi connectivity index (χ1v) is 14.7. The van der Waals surface area contributed by atoms with Crippen LogP contribution in [0.4, 0.5) is 0 Å². The fourth-order valence-electron chi connectivity index (χ4n) is 3.23. The van der Waals surface area contributed by atoms with E-state index in [2.05, 4.69) is 119 Å². The molecule has 2 rings (SSSR count). The molecule has 0 aliphatic rings. The number of hydrogen-bond donors (Lipinski definition) is 0. The number of hydrogen-bond acceptors (Lipinski definition) is 2. The zero-order valence-corrected chi connectivity index (χ0v) is 21.7. The molecular weight excluding hydrogens is 406 g/mol. The molecule has 0 heterocycles. The van der Waals surface area contributed by atoms with Gasteiger partial charge in [0.1, 0.15) is 13.8 Å². The van der Waals surface area contributed by atoms with Gasteiger partial charge in [-0.3, -0.25) is 4.90 Å². The van der Waals surface area contributed by atoms with Crippen LogP contribution in [0.15, 0.2) is 67.3 Å². The Bertz CT molecular complexity index is 955. The van der Waals surface area contributed by atoms with Crippen LogP contribution >= 0.6 is 0 Å². The Morgan fingerprint density at radius 2 is 1.81 bits per heavy atom. The van der Waals surface area contributed by atoms with Crippen LogP contribution < -0.4 is 9.92 Å². The monoisotopic (exact) mass is 445 g/mol. The van der Waals surface area contributed by atoms with E-state index in [1.54, 1.807) is 0 Å². The van der Waals surface area contributed by atoms with Crippen molar-refractivity contribution in [2.75, 3.05) is 19.3 Å². The van der Waals surface area contributed by atoms with Crippen molar-refractivity contribution in [3.05, 3.63) is 78.4 Å². The zero-order valence-electron chi connectivity index (χ0n) is 20.7. The van der Waals surface area contributed by atoms with Gasteiger partial charge in [-0.2, -0.15) is 0 Å². The Morgan fingerprint density at radius 1 is 1.09 bits per heavy atom. The fraction of sp³-hybridized carbons (Fsp3) is 0.379. The van der Waals surface area contributed by atoms with Crippen LogP contribution in [0, 0.1) is 17.3 Å². The first-order valence-electron chi connectivity index (χ1n) is 11.5. The molecule has 2 nitrogen and oxygen atoms in total. The molecule has 2 aromatic carbocycles. The second-order valence-corrected chi connectivity index (χ2v) is 14.5. The zero-order chi connectivity index (χ0) is 23.6. The number of allylic oxidation sites excluding steroid dienone is 1. The molecule has 2 aromatic rings. The van der Waals surface area contributed by atoms with Crippen molar-refractivity contribution in [2.24, 2.45) is 5.41 Å². The number of rotatable bonds is 10. The van der Waals surface area contributed by atoms with E-state index in [0.717, 1.165) is 37.2 Å². The number of nitrogens with zero attached hydrogens (tertiary/aromatic N) is 1. The van der Waals surface area contributed by atoms with E-state index in [1.807, 2.05) is 12.2 Å². The van der Waals surface area contributed by atoms with Crippen LogP contribution in [0.3, 0.4) is 0 Å². The van der Waals surface area contributed by atoms with Crippen LogP contribution in [0.25, 0.3) is 6.08 Å². The van der Waals surface area contributed by atoms with Gasteiger partial charge in [0.25, 0.3) is 0 Å². The van der Waals surface area contributed by atoms with Crippen LogP contribution in [-0.2, 0) is 6.54 Å². The minimum Gasteiger partial charge on any atom is -0.497 e. The van der Waals surface area contributed by atoms with Crippen molar-refractivity contribution in [2.45, 2.75) is 47.3 Å². The minimum absolute atomic E-state index is 0.0433. The van der Waals surface area contributed by atoms with Gasteiger partial charge in [0, 0.05) is 18.5 Å². The lowest BCUT2D eigenvalue weighted by atomic mass is 9.98. The Morgan fingerprint density at radius 3 is 2.44 bits per heavy atom. The smallest absolute Gasteiger partial charge is 0.124 e. The topological polar surface area (TPSA) is 12.5 Å². The average molecular weight is 446 g/mol. The largest absolute Gasteiger partial charge is 0.497 e. The molecule has 0 aromatic heterocycles. The first kappa shape index (κ1) is 25.7. The van der Waals surface area contributed by atoms with Gasteiger partial charge in [0.05, 0.1) is 6.23 Å². The van der Waals surface area contributed by atoms with Crippen molar-refractivity contribution in [1.82, 2.24) is 4.90 Å². The molecule has 0 N–H and O–H groups in total. The van der Waals surface area contributed by atoms with Crippen molar-refractivity contribution >= 4 is 19.3 Å².